The number of anilines is 2. The predicted octanol–water partition coefficient (Wildman–Crippen LogP) is 2.82. The number of nitrogens with one attached hydrogen (secondary N) is 1. The number of aliphatic imine (C=N–C) groups is 1. The molecule has 0 saturated carbocycles. The summed E-state index contributed by atoms with van der Waals surface area (Å²) in [7, 11) is 0. The number of nitrogen functional groups attached to an aromatic ring is 1. The number of fused-ring (bicyclic) bond motifs is 1. The van der Waals surface area contributed by atoms with Crippen LogP contribution < -0.4 is 15.8 Å². The molecule has 102 valence electrons. The van der Waals surface area contributed by atoms with E-state index in [0.717, 1.165) is 28.5 Å². The Kier molecular flexibility index (Phi) is 2.95. The minimum Gasteiger partial charge on any atom is -0.508 e. The van der Waals surface area contributed by atoms with Crippen molar-refractivity contribution in [1.82, 2.24) is 0 Å². The summed E-state index contributed by atoms with van der Waals surface area (Å²) in [6.07, 6.45) is 0. The molecule has 5 heteroatoms. The van der Waals surface area contributed by atoms with Crippen LogP contribution in [0.2, 0.25) is 0 Å². The number of phenolic OH excluding ortho intramolecular Hbond substituents is 1. The third-order valence-corrected chi connectivity index (χ3v) is 3.08. The number of nitrogens with zero attached hydrogens (tertiary/aromatic N) is 1. The van der Waals surface area contributed by atoms with Gasteiger partial charge in [-0.1, -0.05) is 0 Å². The van der Waals surface area contributed by atoms with Crippen molar-refractivity contribution in [2.24, 2.45) is 4.99 Å². The monoisotopic (exact) mass is 269 g/mol. The summed E-state index contributed by atoms with van der Waals surface area (Å²) >= 11 is 0. The van der Waals surface area contributed by atoms with Crippen LogP contribution in [0.15, 0.2) is 41.4 Å². The van der Waals surface area contributed by atoms with E-state index in [4.69, 9.17) is 10.5 Å². The van der Waals surface area contributed by atoms with Gasteiger partial charge < -0.3 is 20.9 Å². The van der Waals surface area contributed by atoms with E-state index in [0.29, 0.717) is 12.3 Å². The molecule has 1 aliphatic heterocycles. The number of nitrogens with two attached hydrogens (primary N) is 1. The molecule has 0 amide bonds. The first-order chi connectivity index (χ1) is 9.61. The number of benzene rings is 2. The number of rotatable bonds is 1. The second kappa shape index (κ2) is 4.77. The Hall–Kier alpha value is -2.69. The molecular weight excluding hydrogens is 254 g/mol. The van der Waals surface area contributed by atoms with Crippen molar-refractivity contribution in [2.75, 3.05) is 17.7 Å². The number of amidine groups is 1. The first kappa shape index (κ1) is 12.3. The van der Waals surface area contributed by atoms with Crippen LogP contribution in [0.3, 0.4) is 0 Å². The molecule has 0 unspecified atom stereocenters. The molecule has 4 N–H and O–H groups in total. The minimum atomic E-state index is 0.236. The zero-order valence-electron chi connectivity index (χ0n) is 11.1. The first-order valence-electron chi connectivity index (χ1n) is 6.28. The Balaban J connectivity index is 1.89. The van der Waals surface area contributed by atoms with Crippen LogP contribution in [0.4, 0.5) is 17.1 Å². The molecule has 0 fully saturated rings. The van der Waals surface area contributed by atoms with Crippen molar-refractivity contribution in [3.05, 3.63) is 42.0 Å². The molecular formula is C15H15N3O2. The van der Waals surface area contributed by atoms with Crippen LogP contribution in [-0.2, 0) is 0 Å². The van der Waals surface area contributed by atoms with Gasteiger partial charge in [0.25, 0.3) is 0 Å². The van der Waals surface area contributed by atoms with Gasteiger partial charge >= 0.3 is 0 Å². The fourth-order valence-corrected chi connectivity index (χ4v) is 2.07. The van der Waals surface area contributed by atoms with Gasteiger partial charge in [-0.25, -0.2) is 4.99 Å². The number of phenols is 1. The van der Waals surface area contributed by atoms with Crippen LogP contribution in [0.1, 0.15) is 5.56 Å². The Morgan fingerprint density at radius 3 is 2.90 bits per heavy atom. The Morgan fingerprint density at radius 2 is 2.10 bits per heavy atom. The van der Waals surface area contributed by atoms with Gasteiger partial charge in [-0.2, -0.15) is 0 Å². The number of hydrogen-bond donors (Lipinski definition) is 3. The molecule has 2 aromatic carbocycles. The second-order valence-electron chi connectivity index (χ2n) is 4.70. The molecule has 1 heterocycles. The minimum absolute atomic E-state index is 0.236. The van der Waals surface area contributed by atoms with Crippen LogP contribution in [0.5, 0.6) is 11.5 Å². The summed E-state index contributed by atoms with van der Waals surface area (Å²) in [6, 6.07) is 10.5. The molecule has 0 spiro atoms. The highest BCUT2D eigenvalue weighted by molar-refractivity contribution is 6.01. The molecule has 0 aliphatic carbocycles. The Morgan fingerprint density at radius 1 is 1.25 bits per heavy atom. The molecule has 0 bridgehead atoms. The summed E-state index contributed by atoms with van der Waals surface area (Å²) < 4.78 is 5.63. The topological polar surface area (TPSA) is 79.9 Å². The summed E-state index contributed by atoms with van der Waals surface area (Å²) in [5.41, 5.74) is 8.93. The van der Waals surface area contributed by atoms with Crippen molar-refractivity contribution < 1.29 is 9.84 Å². The summed E-state index contributed by atoms with van der Waals surface area (Å²) in [6.45, 7) is 2.26. The van der Waals surface area contributed by atoms with Gasteiger partial charge in [0.1, 0.15) is 23.9 Å². The Labute approximate surface area is 116 Å². The van der Waals surface area contributed by atoms with E-state index in [2.05, 4.69) is 10.3 Å². The lowest BCUT2D eigenvalue weighted by atomic mass is 10.2. The maximum atomic E-state index is 9.40. The summed E-state index contributed by atoms with van der Waals surface area (Å²) in [5, 5.41) is 12.6. The normalized spacial score (nSPS) is 15.3. The van der Waals surface area contributed by atoms with Gasteiger partial charge in [0.2, 0.25) is 0 Å². The highest BCUT2D eigenvalue weighted by atomic mass is 16.5. The summed E-state index contributed by atoms with van der Waals surface area (Å²) in [4.78, 5) is 4.52. The van der Waals surface area contributed by atoms with Crippen LogP contribution in [0, 0.1) is 6.92 Å². The van der Waals surface area contributed by atoms with Gasteiger partial charge in [-0.05, 0) is 42.8 Å². The average Bonchev–Trinajstić information content (AvgIpc) is 2.42. The quantitative estimate of drug-likeness (QED) is 0.695. The van der Waals surface area contributed by atoms with Crippen molar-refractivity contribution in [3.63, 3.8) is 0 Å². The van der Waals surface area contributed by atoms with E-state index in [1.165, 1.54) is 0 Å². The van der Waals surface area contributed by atoms with E-state index in [9.17, 15) is 5.11 Å². The zero-order chi connectivity index (χ0) is 14.1. The fraction of sp³-hybridized carbons (Fsp3) is 0.133. The SMILES string of the molecule is Cc1cc(O)ccc1N=C1COc2cc(N)ccc2N1. The lowest BCUT2D eigenvalue weighted by molar-refractivity contribution is 0.372. The van der Waals surface area contributed by atoms with Crippen molar-refractivity contribution >= 4 is 22.9 Å². The van der Waals surface area contributed by atoms with E-state index >= 15 is 0 Å². The molecule has 5 nitrogen and oxygen atoms in total. The lowest BCUT2D eigenvalue weighted by Gasteiger charge is -2.21. The molecule has 20 heavy (non-hydrogen) atoms. The third kappa shape index (κ3) is 2.38. The van der Waals surface area contributed by atoms with Crippen molar-refractivity contribution in [1.29, 1.82) is 0 Å². The Bertz CT molecular complexity index is 696. The smallest absolute Gasteiger partial charge is 0.146 e. The zero-order valence-corrected chi connectivity index (χ0v) is 11.1. The predicted molar refractivity (Wildman–Crippen MR) is 79.9 cm³/mol. The molecule has 0 aromatic heterocycles. The lowest BCUT2D eigenvalue weighted by Crippen LogP contribution is -2.25. The van der Waals surface area contributed by atoms with Crippen LogP contribution in [0.25, 0.3) is 0 Å². The van der Waals surface area contributed by atoms with Gasteiger partial charge in [-0.3, -0.25) is 0 Å². The average molecular weight is 269 g/mol. The van der Waals surface area contributed by atoms with Gasteiger partial charge in [-0.15, -0.1) is 0 Å². The van der Waals surface area contributed by atoms with Crippen molar-refractivity contribution in [3.8, 4) is 11.5 Å². The molecule has 1 aliphatic rings. The standard InChI is InChI=1S/C15H15N3O2/c1-9-6-11(19)3-5-12(9)17-15-8-20-14-7-10(16)2-4-13(14)18-15/h2-7,19H,8,16H2,1H3,(H,17,18). The van der Waals surface area contributed by atoms with Crippen LogP contribution >= 0.6 is 0 Å². The number of hydrogen-bond acceptors (Lipinski definition) is 4. The van der Waals surface area contributed by atoms with E-state index in [1.54, 1.807) is 24.3 Å². The molecule has 0 atom stereocenters. The molecule has 0 radical (unpaired) electrons. The van der Waals surface area contributed by atoms with Crippen LogP contribution in [-0.4, -0.2) is 17.5 Å². The van der Waals surface area contributed by atoms with Gasteiger partial charge in [0, 0.05) is 11.8 Å². The number of aryl methyl sites for hydroxylation is 1. The van der Waals surface area contributed by atoms with Crippen molar-refractivity contribution in [2.45, 2.75) is 6.92 Å². The number of ether oxygens (including phenoxy) is 1. The molecule has 3 rings (SSSR count). The third-order valence-electron chi connectivity index (χ3n) is 3.08. The second-order valence-corrected chi connectivity index (χ2v) is 4.70. The van der Waals surface area contributed by atoms with Gasteiger partial charge in [0.05, 0.1) is 11.4 Å². The highest BCUT2D eigenvalue weighted by Gasteiger charge is 2.14. The maximum Gasteiger partial charge on any atom is 0.146 e. The van der Waals surface area contributed by atoms with E-state index in [-0.39, 0.29) is 5.75 Å². The van der Waals surface area contributed by atoms with E-state index < -0.39 is 0 Å². The number of aromatic hydroxyl groups is 1. The largest absolute Gasteiger partial charge is 0.508 e. The molecule has 2 aromatic rings. The highest BCUT2D eigenvalue weighted by Crippen LogP contribution is 2.30. The first-order valence-corrected chi connectivity index (χ1v) is 6.28. The maximum absolute atomic E-state index is 9.40. The van der Waals surface area contributed by atoms with Gasteiger partial charge in [0.15, 0.2) is 0 Å². The fourth-order valence-electron chi connectivity index (χ4n) is 2.07. The summed E-state index contributed by atoms with van der Waals surface area (Å²) in [5.74, 6) is 1.68. The van der Waals surface area contributed by atoms with E-state index in [1.807, 2.05) is 19.1 Å². The molecule has 0 saturated heterocycles.